The van der Waals surface area contributed by atoms with Crippen molar-refractivity contribution in [3.63, 3.8) is 0 Å². The third-order valence-corrected chi connectivity index (χ3v) is 9.11. The summed E-state index contributed by atoms with van der Waals surface area (Å²) in [5.41, 5.74) is -1.00. The number of esters is 2. The highest BCUT2D eigenvalue weighted by Gasteiger charge is 2.48. The van der Waals surface area contributed by atoms with Crippen molar-refractivity contribution in [1.82, 2.24) is 0 Å². The molecule has 1 atom stereocenters. The number of ether oxygens (including phenoxy) is 4. The molecular weight excluding hydrogens is 744 g/mol. The number of aryl methyl sites for hydroxylation is 1. The lowest BCUT2D eigenvalue weighted by Crippen LogP contribution is -2.39. The van der Waals surface area contributed by atoms with Gasteiger partial charge in [-0.25, -0.2) is 19.2 Å². The largest absolute Gasteiger partial charge is 0.507 e. The number of aromatic carboxylic acids is 1. The maximum atomic E-state index is 12.9. The van der Waals surface area contributed by atoms with Gasteiger partial charge in [0.1, 0.15) is 41.4 Å². The number of carbonyl (C=O) groups is 6. The van der Waals surface area contributed by atoms with Crippen LogP contribution in [0.25, 0.3) is 5.57 Å². The van der Waals surface area contributed by atoms with E-state index in [1.54, 1.807) is 0 Å². The Kier molecular flexibility index (Phi) is 9.53. The molecule has 1 unspecified atom stereocenters. The van der Waals surface area contributed by atoms with E-state index in [4.69, 9.17) is 24.1 Å². The van der Waals surface area contributed by atoms with E-state index >= 15 is 0 Å². The number of hydrogen-bond donors (Lipinski definition) is 8. The molecule has 7 rings (SSSR count). The molecule has 2 aliphatic carbocycles. The van der Waals surface area contributed by atoms with E-state index in [2.05, 4.69) is 0 Å². The summed E-state index contributed by atoms with van der Waals surface area (Å²) in [6, 6.07) is 3.90. The van der Waals surface area contributed by atoms with Crippen LogP contribution in [0.2, 0.25) is 0 Å². The van der Waals surface area contributed by atoms with Gasteiger partial charge in [-0.05, 0) is 60.9 Å². The van der Waals surface area contributed by atoms with Crippen molar-refractivity contribution >= 4 is 41.5 Å². The Hall–Kier alpha value is -7.60. The second kappa shape index (κ2) is 14.0. The minimum Gasteiger partial charge on any atom is -0.507 e. The molecule has 8 N–H and O–H groups in total. The Bertz CT molecular complexity index is 2460. The maximum absolute atomic E-state index is 12.9. The number of phenols is 4. The molecule has 0 spiro atoms. The summed E-state index contributed by atoms with van der Waals surface area (Å²) in [7, 11) is 0. The van der Waals surface area contributed by atoms with E-state index in [-0.39, 0.29) is 59.0 Å². The Labute approximate surface area is 313 Å². The number of aliphatic hydroxyl groups excluding tert-OH is 1. The number of fused-ring (bicyclic) bond motifs is 6. The van der Waals surface area contributed by atoms with E-state index in [0.717, 1.165) is 6.07 Å². The van der Waals surface area contributed by atoms with Crippen LogP contribution in [0.15, 0.2) is 59.6 Å². The number of aromatic hydroxyl groups is 4. The molecule has 2 aliphatic heterocycles. The van der Waals surface area contributed by atoms with Crippen LogP contribution in [0.5, 0.6) is 40.2 Å². The molecule has 3 aromatic carbocycles. The van der Waals surface area contributed by atoms with Crippen LogP contribution in [-0.2, 0) is 36.9 Å². The summed E-state index contributed by atoms with van der Waals surface area (Å²) in [6.07, 6.45) is 4.20. The molecule has 0 aromatic heterocycles. The highest BCUT2D eigenvalue weighted by atomic mass is 16.6. The lowest BCUT2D eigenvalue weighted by Gasteiger charge is -2.33. The van der Waals surface area contributed by atoms with Crippen molar-refractivity contribution in [2.24, 2.45) is 0 Å². The average molecular weight is 773 g/mol. The highest BCUT2D eigenvalue weighted by Crippen LogP contribution is 2.52. The van der Waals surface area contributed by atoms with E-state index in [1.807, 2.05) is 0 Å². The van der Waals surface area contributed by atoms with Crippen LogP contribution < -0.4 is 9.47 Å². The summed E-state index contributed by atoms with van der Waals surface area (Å²) >= 11 is 0. The Morgan fingerprint density at radius 3 is 2.25 bits per heavy atom. The lowest BCUT2D eigenvalue weighted by atomic mass is 9.85. The normalized spacial score (nSPS) is 17.5. The van der Waals surface area contributed by atoms with Gasteiger partial charge < -0.3 is 59.8 Å². The number of phenolic OH excluding ortho intramolecular Hbond substituents is 3. The predicted molar refractivity (Wildman–Crippen MR) is 185 cm³/mol. The quantitative estimate of drug-likeness (QED) is 0.0586. The number of ketones is 1. The summed E-state index contributed by atoms with van der Waals surface area (Å²) < 4.78 is 21.3. The van der Waals surface area contributed by atoms with Crippen LogP contribution in [0.1, 0.15) is 58.9 Å². The molecule has 0 radical (unpaired) electrons. The van der Waals surface area contributed by atoms with Gasteiger partial charge in [0.15, 0.2) is 40.8 Å². The molecule has 288 valence electrons. The van der Waals surface area contributed by atoms with Gasteiger partial charge in [-0.1, -0.05) is 0 Å². The van der Waals surface area contributed by atoms with Crippen LogP contribution >= 0.6 is 0 Å². The van der Waals surface area contributed by atoms with Crippen LogP contribution in [0, 0.1) is 13.8 Å². The molecule has 18 heteroatoms. The Morgan fingerprint density at radius 1 is 0.893 bits per heavy atom. The van der Waals surface area contributed by atoms with Crippen molar-refractivity contribution in [2.45, 2.75) is 32.5 Å². The third kappa shape index (κ3) is 6.38. The van der Waals surface area contributed by atoms with Crippen molar-refractivity contribution in [3.8, 4) is 40.2 Å². The molecule has 18 nitrogen and oxygen atoms in total. The number of allylic oxidation sites excluding steroid dienone is 2. The van der Waals surface area contributed by atoms with E-state index in [0.29, 0.717) is 34.4 Å². The van der Waals surface area contributed by atoms with Gasteiger partial charge >= 0.3 is 23.9 Å². The molecule has 0 saturated carbocycles. The number of carboxylic acid groups (broad SMARTS) is 2. The molecule has 0 bridgehead atoms. The van der Waals surface area contributed by atoms with E-state index in [9.17, 15) is 64.5 Å². The number of hydrogen-bond acceptors (Lipinski definition) is 16. The SMILES string of the molecule is Cc1cc(O)c(C=O)c2c1C(=O)Oc1c(COC(=O)C=CC(=O)O)c(O)c(C(=O)O)c(C)c1O2.O=C1C=CC2=C3c4cc(O)c(O)cc4CC3(O)COC2=C1O. The average Bonchev–Trinajstić information content (AvgIpc) is 3.31. The number of rotatable bonds is 6. The predicted octanol–water partition coefficient (Wildman–Crippen LogP) is 3.31. The zero-order valence-corrected chi connectivity index (χ0v) is 28.9. The zero-order chi connectivity index (χ0) is 41.0. The second-order valence-corrected chi connectivity index (χ2v) is 12.7. The fourth-order valence-electron chi connectivity index (χ4n) is 6.58. The fourth-order valence-corrected chi connectivity index (χ4v) is 6.58. The molecule has 0 amide bonds. The second-order valence-electron chi connectivity index (χ2n) is 12.7. The molecule has 0 saturated heterocycles. The van der Waals surface area contributed by atoms with Gasteiger partial charge in [0, 0.05) is 35.3 Å². The molecule has 3 aromatic rings. The van der Waals surface area contributed by atoms with Crippen LogP contribution in [-0.4, -0.2) is 89.0 Å². The number of carbonyl (C=O) groups excluding carboxylic acids is 4. The van der Waals surface area contributed by atoms with Crippen molar-refractivity contribution in [1.29, 1.82) is 0 Å². The van der Waals surface area contributed by atoms with Gasteiger partial charge in [0.05, 0.1) is 11.1 Å². The molecule has 4 aliphatic rings. The summed E-state index contributed by atoms with van der Waals surface area (Å²) in [5, 5.41) is 79.0. The molecule has 0 fully saturated rings. The third-order valence-electron chi connectivity index (χ3n) is 9.11. The van der Waals surface area contributed by atoms with Gasteiger partial charge in [-0.2, -0.15) is 0 Å². The highest BCUT2D eigenvalue weighted by molar-refractivity contribution is 6.07. The summed E-state index contributed by atoms with van der Waals surface area (Å²) in [6.45, 7) is 1.71. The van der Waals surface area contributed by atoms with Gasteiger partial charge in [0.2, 0.25) is 11.5 Å². The maximum Gasteiger partial charge on any atom is 0.347 e. The summed E-state index contributed by atoms with van der Waals surface area (Å²) in [5.74, 6) is -9.49. The minimum absolute atomic E-state index is 0.0348. The minimum atomic E-state index is -1.60. The lowest BCUT2D eigenvalue weighted by molar-refractivity contribution is -0.139. The van der Waals surface area contributed by atoms with E-state index in [1.165, 1.54) is 38.1 Å². The van der Waals surface area contributed by atoms with Crippen molar-refractivity contribution < 1.29 is 88.6 Å². The van der Waals surface area contributed by atoms with Crippen molar-refractivity contribution in [3.05, 3.63) is 104 Å². The zero-order valence-electron chi connectivity index (χ0n) is 28.9. The van der Waals surface area contributed by atoms with E-state index < -0.39 is 87.3 Å². The first kappa shape index (κ1) is 38.1. The number of aldehydes is 1. The van der Waals surface area contributed by atoms with Crippen LogP contribution in [0.4, 0.5) is 0 Å². The van der Waals surface area contributed by atoms with Crippen LogP contribution in [0.3, 0.4) is 0 Å². The standard InChI is InChI=1S/C22H16O12.C16H12O6/c1-8-5-12(24)10(6-23)19-15(8)22(31)34-20-11(7-32-14(27)4-3-13(25)26)17(28)16(21(29)30)9(2)18(20)33-19;17-10-2-1-8-13-9-4-12(19)11(18)3-7(9)5-16(13,21)6-22-15(8)14(10)20/h3-6,24,28H,7H2,1-2H3,(H,25,26)(H,29,30);1-4,18-21H,5-6H2. The Morgan fingerprint density at radius 2 is 1.59 bits per heavy atom. The number of benzene rings is 3. The smallest absolute Gasteiger partial charge is 0.347 e. The Balaban J connectivity index is 0.000000207. The summed E-state index contributed by atoms with van der Waals surface area (Å²) in [4.78, 5) is 70.2. The first-order chi connectivity index (χ1) is 26.4. The van der Waals surface area contributed by atoms with Gasteiger partial charge in [-0.15, -0.1) is 0 Å². The monoisotopic (exact) mass is 772 g/mol. The molecular formula is C38H28O18. The first-order valence-electron chi connectivity index (χ1n) is 16.1. The number of carboxylic acids is 2. The van der Waals surface area contributed by atoms with Gasteiger partial charge in [0.25, 0.3) is 0 Å². The van der Waals surface area contributed by atoms with Gasteiger partial charge in [-0.3, -0.25) is 9.59 Å². The number of aliphatic hydroxyl groups is 2. The first-order valence-corrected chi connectivity index (χ1v) is 16.1. The van der Waals surface area contributed by atoms with Crippen molar-refractivity contribution in [2.75, 3.05) is 6.61 Å². The molecule has 56 heavy (non-hydrogen) atoms. The number of aliphatic carboxylic acids is 1. The topological polar surface area (TPSA) is 301 Å². The molecule has 2 heterocycles. The fraction of sp³-hybridized carbons (Fsp3) is 0.158.